The summed E-state index contributed by atoms with van der Waals surface area (Å²) in [4.78, 5) is 14.2. The van der Waals surface area contributed by atoms with E-state index in [2.05, 4.69) is 18.9 Å². The molecule has 1 amide bonds. The summed E-state index contributed by atoms with van der Waals surface area (Å²) in [6.45, 7) is 9.59. The first-order valence-corrected chi connectivity index (χ1v) is 8.29. The van der Waals surface area contributed by atoms with Crippen LogP contribution in [-0.4, -0.2) is 27.6 Å². The second kappa shape index (κ2) is 7.60. The van der Waals surface area contributed by atoms with Crippen LogP contribution in [0.1, 0.15) is 36.4 Å². The molecule has 4 nitrogen and oxygen atoms in total. The van der Waals surface area contributed by atoms with E-state index in [1.165, 1.54) is 12.1 Å². The van der Waals surface area contributed by atoms with Gasteiger partial charge in [0.25, 0.3) is 0 Å². The maximum absolute atomic E-state index is 13.0. The molecule has 24 heavy (non-hydrogen) atoms. The third-order valence-electron chi connectivity index (χ3n) is 4.16. The van der Waals surface area contributed by atoms with Crippen LogP contribution in [0.5, 0.6) is 0 Å². The van der Waals surface area contributed by atoms with Crippen molar-refractivity contribution in [2.24, 2.45) is 5.92 Å². The van der Waals surface area contributed by atoms with E-state index in [1.54, 1.807) is 24.1 Å². The molecule has 0 saturated carbocycles. The summed E-state index contributed by atoms with van der Waals surface area (Å²) >= 11 is 0. The minimum absolute atomic E-state index is 0.0367. The van der Waals surface area contributed by atoms with E-state index >= 15 is 0 Å². The molecule has 130 valence electrons. The average Bonchev–Trinajstić information content (AvgIpc) is 2.76. The van der Waals surface area contributed by atoms with Crippen molar-refractivity contribution in [3.8, 4) is 0 Å². The van der Waals surface area contributed by atoms with Crippen LogP contribution in [0, 0.1) is 25.6 Å². The van der Waals surface area contributed by atoms with Crippen molar-refractivity contribution >= 4 is 5.91 Å². The number of hydrogen-bond acceptors (Lipinski definition) is 2. The first-order chi connectivity index (χ1) is 11.3. The highest BCUT2D eigenvalue weighted by Crippen LogP contribution is 2.17. The molecule has 0 aliphatic carbocycles. The van der Waals surface area contributed by atoms with Gasteiger partial charge in [-0.3, -0.25) is 9.48 Å². The molecular formula is C19H26FN3O. The van der Waals surface area contributed by atoms with Crippen molar-refractivity contribution < 1.29 is 9.18 Å². The lowest BCUT2D eigenvalue weighted by atomic mass is 10.1. The highest BCUT2D eigenvalue weighted by Gasteiger charge is 2.18. The molecule has 1 aromatic carbocycles. The number of likely N-dealkylation sites (N-methyl/N-ethyl adjacent to an activating group) is 1. The van der Waals surface area contributed by atoms with Gasteiger partial charge in [-0.05, 0) is 37.5 Å². The fourth-order valence-corrected chi connectivity index (χ4v) is 2.75. The van der Waals surface area contributed by atoms with E-state index in [4.69, 9.17) is 0 Å². The zero-order chi connectivity index (χ0) is 17.9. The zero-order valence-corrected chi connectivity index (χ0v) is 15.1. The van der Waals surface area contributed by atoms with Crippen molar-refractivity contribution in [1.29, 1.82) is 0 Å². The van der Waals surface area contributed by atoms with E-state index in [9.17, 15) is 9.18 Å². The summed E-state index contributed by atoms with van der Waals surface area (Å²) in [5, 5.41) is 4.56. The molecular weight excluding hydrogens is 305 g/mol. The molecule has 1 aromatic heterocycles. The molecule has 0 unspecified atom stereocenters. The first kappa shape index (κ1) is 18.2. The van der Waals surface area contributed by atoms with E-state index in [0.29, 0.717) is 18.9 Å². The number of rotatable bonds is 6. The Balaban J connectivity index is 2.06. The Morgan fingerprint density at radius 2 is 1.88 bits per heavy atom. The fraction of sp³-hybridized carbons (Fsp3) is 0.474. The summed E-state index contributed by atoms with van der Waals surface area (Å²) < 4.78 is 15.0. The molecule has 0 aliphatic heterocycles. The summed E-state index contributed by atoms with van der Waals surface area (Å²) in [6.07, 6.45) is 0.341. The lowest BCUT2D eigenvalue weighted by Crippen LogP contribution is -2.28. The normalized spacial score (nSPS) is 11.1. The van der Waals surface area contributed by atoms with Gasteiger partial charge in [-0.15, -0.1) is 0 Å². The molecule has 0 fully saturated rings. The third-order valence-corrected chi connectivity index (χ3v) is 4.16. The van der Waals surface area contributed by atoms with E-state index < -0.39 is 0 Å². The number of hydrogen-bond donors (Lipinski definition) is 0. The predicted octanol–water partition coefficient (Wildman–Crippen LogP) is 3.50. The molecule has 2 rings (SSSR count). The van der Waals surface area contributed by atoms with Gasteiger partial charge < -0.3 is 4.90 Å². The molecule has 0 aliphatic rings. The van der Waals surface area contributed by atoms with Crippen molar-refractivity contribution in [2.45, 2.75) is 47.2 Å². The average molecular weight is 331 g/mol. The van der Waals surface area contributed by atoms with Gasteiger partial charge in [-0.25, -0.2) is 4.39 Å². The van der Waals surface area contributed by atoms with Gasteiger partial charge in [0.05, 0.1) is 12.1 Å². The Kier molecular flexibility index (Phi) is 5.75. The Morgan fingerprint density at radius 3 is 2.46 bits per heavy atom. The lowest BCUT2D eigenvalue weighted by molar-refractivity contribution is -0.129. The number of nitrogens with zero attached hydrogens (tertiary/aromatic N) is 3. The zero-order valence-electron chi connectivity index (χ0n) is 15.1. The quantitative estimate of drug-likeness (QED) is 0.812. The minimum Gasteiger partial charge on any atom is -0.341 e. The van der Waals surface area contributed by atoms with Crippen LogP contribution in [-0.2, 0) is 24.3 Å². The molecule has 0 radical (unpaired) electrons. The topological polar surface area (TPSA) is 38.1 Å². The predicted molar refractivity (Wildman–Crippen MR) is 93.1 cm³/mol. The summed E-state index contributed by atoms with van der Waals surface area (Å²) in [7, 11) is 1.77. The second-order valence-corrected chi connectivity index (χ2v) is 6.78. The van der Waals surface area contributed by atoms with E-state index in [-0.39, 0.29) is 11.7 Å². The number of carbonyl (C=O) groups excluding carboxylic acids is 1. The molecule has 1 heterocycles. The van der Waals surface area contributed by atoms with Gasteiger partial charge in [0.1, 0.15) is 5.82 Å². The molecule has 0 saturated heterocycles. The van der Waals surface area contributed by atoms with Crippen LogP contribution < -0.4 is 0 Å². The van der Waals surface area contributed by atoms with Gasteiger partial charge in [0, 0.05) is 31.4 Å². The summed E-state index contributed by atoms with van der Waals surface area (Å²) in [5.74, 6) is 0.277. The Morgan fingerprint density at radius 1 is 1.25 bits per heavy atom. The lowest BCUT2D eigenvalue weighted by Gasteiger charge is -2.17. The Bertz CT molecular complexity index is 704. The molecule has 2 aromatic rings. The fourth-order valence-electron chi connectivity index (χ4n) is 2.75. The van der Waals surface area contributed by atoms with Crippen molar-refractivity contribution in [2.75, 3.05) is 7.05 Å². The maximum atomic E-state index is 13.0. The summed E-state index contributed by atoms with van der Waals surface area (Å²) in [6, 6.07) is 6.24. The van der Waals surface area contributed by atoms with Crippen molar-refractivity contribution in [3.63, 3.8) is 0 Å². The monoisotopic (exact) mass is 331 g/mol. The molecule has 0 spiro atoms. The van der Waals surface area contributed by atoms with Gasteiger partial charge in [-0.1, -0.05) is 26.0 Å². The number of halogens is 1. The highest BCUT2D eigenvalue weighted by atomic mass is 19.1. The molecule has 0 atom stereocenters. The van der Waals surface area contributed by atoms with Crippen LogP contribution in [0.2, 0.25) is 0 Å². The van der Waals surface area contributed by atoms with Gasteiger partial charge in [-0.2, -0.15) is 5.10 Å². The maximum Gasteiger partial charge on any atom is 0.227 e. The Labute approximate surface area is 143 Å². The molecule has 0 N–H and O–H groups in total. The van der Waals surface area contributed by atoms with Crippen LogP contribution in [0.4, 0.5) is 4.39 Å². The van der Waals surface area contributed by atoms with Gasteiger partial charge in [0.2, 0.25) is 5.91 Å². The van der Waals surface area contributed by atoms with E-state index in [0.717, 1.165) is 29.1 Å². The number of aryl methyl sites for hydroxylation is 1. The molecule has 5 heteroatoms. The van der Waals surface area contributed by atoms with E-state index in [1.807, 2.05) is 18.5 Å². The van der Waals surface area contributed by atoms with Crippen LogP contribution in [0.3, 0.4) is 0 Å². The van der Waals surface area contributed by atoms with Gasteiger partial charge >= 0.3 is 0 Å². The highest BCUT2D eigenvalue weighted by molar-refractivity contribution is 5.79. The minimum atomic E-state index is -0.267. The molecule has 0 bridgehead atoms. The number of benzene rings is 1. The van der Waals surface area contributed by atoms with Crippen LogP contribution in [0.15, 0.2) is 24.3 Å². The van der Waals surface area contributed by atoms with Crippen LogP contribution >= 0.6 is 0 Å². The third kappa shape index (κ3) is 4.43. The SMILES string of the molecule is Cc1nn(CC(C)C)c(C)c1CC(=O)N(C)Cc1ccc(F)cc1. The first-order valence-electron chi connectivity index (χ1n) is 8.29. The number of amides is 1. The van der Waals surface area contributed by atoms with Crippen molar-refractivity contribution in [1.82, 2.24) is 14.7 Å². The van der Waals surface area contributed by atoms with Crippen LogP contribution in [0.25, 0.3) is 0 Å². The summed E-state index contributed by atoms with van der Waals surface area (Å²) in [5.41, 5.74) is 3.89. The second-order valence-electron chi connectivity index (χ2n) is 6.78. The number of aromatic nitrogens is 2. The standard InChI is InChI=1S/C19H26FN3O/c1-13(2)11-23-15(4)18(14(3)21-23)10-19(24)22(5)12-16-6-8-17(20)9-7-16/h6-9,13H,10-12H2,1-5H3. The largest absolute Gasteiger partial charge is 0.341 e. The van der Waals surface area contributed by atoms with Crippen molar-refractivity contribution in [3.05, 3.63) is 52.6 Å². The smallest absolute Gasteiger partial charge is 0.227 e. The van der Waals surface area contributed by atoms with Gasteiger partial charge in [0.15, 0.2) is 0 Å². The number of carbonyl (C=O) groups is 1. The Hall–Kier alpha value is -2.17.